The highest BCUT2D eigenvalue weighted by Gasteiger charge is 2.17. The van der Waals surface area contributed by atoms with Crippen molar-refractivity contribution in [2.45, 2.75) is 25.4 Å². The third-order valence-electron chi connectivity index (χ3n) is 3.23. The standard InChI is InChI=1S/C13H20N2O2/c1-17-12-5-4-10(13(16)7-12)8-15-6-2-3-11(14)9-15/h4-5,7,11,16H,2-3,6,8-9,14H2,1H3. The Labute approximate surface area is 102 Å². The summed E-state index contributed by atoms with van der Waals surface area (Å²) in [7, 11) is 1.60. The average molecular weight is 236 g/mol. The molecule has 1 heterocycles. The van der Waals surface area contributed by atoms with Gasteiger partial charge in [0.1, 0.15) is 11.5 Å². The fourth-order valence-corrected chi connectivity index (χ4v) is 2.28. The Balaban J connectivity index is 2.02. The van der Waals surface area contributed by atoms with E-state index in [1.54, 1.807) is 13.2 Å². The molecule has 4 heteroatoms. The molecule has 1 fully saturated rings. The van der Waals surface area contributed by atoms with Crippen LogP contribution in [0, 0.1) is 0 Å². The molecule has 0 saturated carbocycles. The Bertz CT molecular complexity index is 382. The fourth-order valence-electron chi connectivity index (χ4n) is 2.28. The molecule has 1 aliphatic heterocycles. The van der Waals surface area contributed by atoms with Crippen LogP contribution in [0.5, 0.6) is 11.5 Å². The van der Waals surface area contributed by atoms with E-state index in [1.165, 1.54) is 0 Å². The normalized spacial score (nSPS) is 21.4. The van der Waals surface area contributed by atoms with E-state index in [0.29, 0.717) is 11.5 Å². The maximum absolute atomic E-state index is 9.88. The van der Waals surface area contributed by atoms with Crippen molar-refractivity contribution in [3.8, 4) is 11.5 Å². The first-order chi connectivity index (χ1) is 8.19. The summed E-state index contributed by atoms with van der Waals surface area (Å²) in [5.74, 6) is 0.977. The summed E-state index contributed by atoms with van der Waals surface area (Å²) in [6, 6.07) is 5.70. The number of phenols is 1. The number of nitrogens with zero attached hydrogens (tertiary/aromatic N) is 1. The maximum atomic E-state index is 9.88. The second kappa shape index (κ2) is 5.38. The van der Waals surface area contributed by atoms with Crippen molar-refractivity contribution in [1.82, 2.24) is 4.90 Å². The van der Waals surface area contributed by atoms with E-state index in [-0.39, 0.29) is 6.04 Å². The molecule has 0 radical (unpaired) electrons. The van der Waals surface area contributed by atoms with Gasteiger partial charge < -0.3 is 15.6 Å². The van der Waals surface area contributed by atoms with Crippen LogP contribution in [0.25, 0.3) is 0 Å². The first-order valence-corrected chi connectivity index (χ1v) is 6.03. The van der Waals surface area contributed by atoms with Crippen molar-refractivity contribution in [3.05, 3.63) is 23.8 Å². The number of benzene rings is 1. The lowest BCUT2D eigenvalue weighted by Crippen LogP contribution is -2.42. The van der Waals surface area contributed by atoms with E-state index in [1.807, 2.05) is 12.1 Å². The zero-order chi connectivity index (χ0) is 12.3. The molecule has 0 spiro atoms. The van der Waals surface area contributed by atoms with Gasteiger partial charge in [0.2, 0.25) is 0 Å². The number of methoxy groups -OCH3 is 1. The molecule has 0 aliphatic carbocycles. The van der Waals surface area contributed by atoms with Crippen LogP contribution < -0.4 is 10.5 Å². The van der Waals surface area contributed by atoms with Crippen LogP contribution >= 0.6 is 0 Å². The minimum Gasteiger partial charge on any atom is -0.507 e. The van der Waals surface area contributed by atoms with Crippen molar-refractivity contribution in [2.24, 2.45) is 5.73 Å². The average Bonchev–Trinajstić information content (AvgIpc) is 2.32. The number of nitrogens with two attached hydrogens (primary N) is 1. The summed E-state index contributed by atoms with van der Waals surface area (Å²) < 4.78 is 5.06. The molecule has 1 aromatic carbocycles. The number of aromatic hydroxyl groups is 1. The van der Waals surface area contributed by atoms with Gasteiger partial charge in [-0.15, -0.1) is 0 Å². The molecule has 3 N–H and O–H groups in total. The van der Waals surface area contributed by atoms with E-state index < -0.39 is 0 Å². The van der Waals surface area contributed by atoms with Crippen molar-refractivity contribution >= 4 is 0 Å². The van der Waals surface area contributed by atoms with Crippen LogP contribution in [-0.4, -0.2) is 36.2 Å². The maximum Gasteiger partial charge on any atom is 0.123 e. The minimum absolute atomic E-state index is 0.268. The smallest absolute Gasteiger partial charge is 0.123 e. The lowest BCUT2D eigenvalue weighted by atomic mass is 10.1. The Morgan fingerprint density at radius 1 is 1.53 bits per heavy atom. The van der Waals surface area contributed by atoms with Crippen molar-refractivity contribution in [2.75, 3.05) is 20.2 Å². The van der Waals surface area contributed by atoms with Crippen molar-refractivity contribution < 1.29 is 9.84 Å². The summed E-state index contributed by atoms with van der Waals surface area (Å²) in [6.45, 7) is 2.72. The molecular formula is C13H20N2O2. The number of rotatable bonds is 3. The molecule has 1 aliphatic rings. The van der Waals surface area contributed by atoms with Crippen LogP contribution in [0.15, 0.2) is 18.2 Å². The number of hydrogen-bond acceptors (Lipinski definition) is 4. The van der Waals surface area contributed by atoms with E-state index in [0.717, 1.165) is 38.0 Å². The first-order valence-electron chi connectivity index (χ1n) is 6.03. The fraction of sp³-hybridized carbons (Fsp3) is 0.538. The van der Waals surface area contributed by atoms with Crippen LogP contribution in [0.4, 0.5) is 0 Å². The molecule has 0 bridgehead atoms. The highest BCUT2D eigenvalue weighted by molar-refractivity contribution is 5.39. The summed E-state index contributed by atoms with van der Waals surface area (Å²) in [5, 5.41) is 9.88. The van der Waals surface area contributed by atoms with Crippen LogP contribution in [0.3, 0.4) is 0 Å². The van der Waals surface area contributed by atoms with Crippen LogP contribution in [0.2, 0.25) is 0 Å². The third kappa shape index (κ3) is 3.11. The topological polar surface area (TPSA) is 58.7 Å². The van der Waals surface area contributed by atoms with Gasteiger partial charge in [-0.3, -0.25) is 4.90 Å². The zero-order valence-corrected chi connectivity index (χ0v) is 10.2. The summed E-state index contributed by atoms with van der Waals surface area (Å²) >= 11 is 0. The molecule has 4 nitrogen and oxygen atoms in total. The number of ether oxygens (including phenoxy) is 1. The quantitative estimate of drug-likeness (QED) is 0.831. The predicted molar refractivity (Wildman–Crippen MR) is 67.1 cm³/mol. The van der Waals surface area contributed by atoms with E-state index in [4.69, 9.17) is 10.5 Å². The minimum atomic E-state index is 0.268. The SMILES string of the molecule is COc1ccc(CN2CCCC(N)C2)c(O)c1. The lowest BCUT2D eigenvalue weighted by molar-refractivity contribution is 0.199. The van der Waals surface area contributed by atoms with Gasteiger partial charge in [-0.05, 0) is 25.5 Å². The second-order valence-electron chi connectivity index (χ2n) is 4.63. The summed E-state index contributed by atoms with van der Waals surface area (Å²) in [5.41, 5.74) is 6.87. The number of piperidine rings is 1. The van der Waals surface area contributed by atoms with Crippen molar-refractivity contribution in [3.63, 3.8) is 0 Å². The van der Waals surface area contributed by atoms with Crippen LogP contribution in [-0.2, 0) is 6.54 Å². The molecule has 0 amide bonds. The van der Waals surface area contributed by atoms with Gasteiger partial charge in [0.15, 0.2) is 0 Å². The molecule has 1 saturated heterocycles. The number of phenolic OH excluding ortho intramolecular Hbond substituents is 1. The zero-order valence-electron chi connectivity index (χ0n) is 10.2. The Morgan fingerprint density at radius 3 is 3.00 bits per heavy atom. The monoisotopic (exact) mass is 236 g/mol. The number of likely N-dealkylation sites (tertiary alicyclic amines) is 1. The molecule has 2 rings (SSSR count). The number of hydrogen-bond donors (Lipinski definition) is 2. The van der Waals surface area contributed by atoms with Gasteiger partial charge in [0.25, 0.3) is 0 Å². The van der Waals surface area contributed by atoms with Gasteiger partial charge in [-0.25, -0.2) is 0 Å². The molecule has 1 aromatic rings. The highest BCUT2D eigenvalue weighted by atomic mass is 16.5. The van der Waals surface area contributed by atoms with Gasteiger partial charge in [0.05, 0.1) is 7.11 Å². The summed E-state index contributed by atoms with van der Waals surface area (Å²) in [6.07, 6.45) is 2.24. The largest absolute Gasteiger partial charge is 0.507 e. The van der Waals surface area contributed by atoms with Crippen LogP contribution in [0.1, 0.15) is 18.4 Å². The summed E-state index contributed by atoms with van der Waals surface area (Å²) in [4.78, 5) is 2.29. The van der Waals surface area contributed by atoms with Gasteiger partial charge >= 0.3 is 0 Å². The molecule has 1 unspecified atom stereocenters. The van der Waals surface area contributed by atoms with Gasteiger partial charge in [0, 0.05) is 30.8 Å². The van der Waals surface area contributed by atoms with Gasteiger partial charge in [-0.1, -0.05) is 6.07 Å². The van der Waals surface area contributed by atoms with E-state index in [2.05, 4.69) is 4.90 Å². The second-order valence-corrected chi connectivity index (χ2v) is 4.63. The molecular weight excluding hydrogens is 216 g/mol. The molecule has 0 aromatic heterocycles. The van der Waals surface area contributed by atoms with E-state index >= 15 is 0 Å². The Hall–Kier alpha value is -1.26. The molecule has 17 heavy (non-hydrogen) atoms. The third-order valence-corrected chi connectivity index (χ3v) is 3.23. The lowest BCUT2D eigenvalue weighted by Gasteiger charge is -2.30. The Morgan fingerprint density at radius 2 is 2.35 bits per heavy atom. The van der Waals surface area contributed by atoms with Crippen molar-refractivity contribution in [1.29, 1.82) is 0 Å². The predicted octanol–water partition coefficient (Wildman–Crippen LogP) is 1.32. The van der Waals surface area contributed by atoms with E-state index in [9.17, 15) is 5.11 Å². The molecule has 1 atom stereocenters. The molecule has 94 valence electrons. The Kier molecular flexibility index (Phi) is 3.86. The highest BCUT2D eigenvalue weighted by Crippen LogP contribution is 2.25. The van der Waals surface area contributed by atoms with Gasteiger partial charge in [-0.2, -0.15) is 0 Å². The first kappa shape index (κ1) is 12.2.